The summed E-state index contributed by atoms with van der Waals surface area (Å²) in [5.41, 5.74) is 11.4. The number of pyridine rings is 1. The molecule has 43 heavy (non-hydrogen) atoms. The predicted molar refractivity (Wildman–Crippen MR) is 179 cm³/mol. The fourth-order valence-corrected chi connectivity index (χ4v) is 6.16. The Labute approximate surface area is 250 Å². The van der Waals surface area contributed by atoms with E-state index in [0.717, 1.165) is 44.8 Å². The van der Waals surface area contributed by atoms with Gasteiger partial charge in [0.2, 0.25) is 0 Å². The van der Waals surface area contributed by atoms with Gasteiger partial charge in [0, 0.05) is 28.6 Å². The summed E-state index contributed by atoms with van der Waals surface area (Å²) in [5.74, 6) is 0. The fourth-order valence-electron chi connectivity index (χ4n) is 6.16. The summed E-state index contributed by atoms with van der Waals surface area (Å²) in [6, 6.07) is 48.9. The first kappa shape index (κ1) is 25.1. The van der Waals surface area contributed by atoms with Gasteiger partial charge in [-0.15, -0.1) is 0 Å². The summed E-state index contributed by atoms with van der Waals surface area (Å²) in [7, 11) is 0. The van der Waals surface area contributed by atoms with Crippen molar-refractivity contribution in [1.29, 1.82) is 0 Å². The van der Waals surface area contributed by atoms with Crippen molar-refractivity contribution in [3.63, 3.8) is 0 Å². The van der Waals surface area contributed by atoms with Gasteiger partial charge in [-0.05, 0) is 63.4 Å². The molecule has 0 atom stereocenters. The van der Waals surface area contributed by atoms with Crippen LogP contribution in [0.15, 0.2) is 146 Å². The van der Waals surface area contributed by atoms with Crippen LogP contribution in [0.1, 0.15) is 5.69 Å². The number of fused-ring (bicyclic) bond motifs is 3. The van der Waals surface area contributed by atoms with Crippen LogP contribution in [0, 0.1) is 6.92 Å². The van der Waals surface area contributed by atoms with E-state index in [4.69, 9.17) is 9.97 Å². The normalized spacial score (nSPS) is 11.4. The Morgan fingerprint density at radius 1 is 0.372 bits per heavy atom. The minimum absolute atomic E-state index is 0.883. The van der Waals surface area contributed by atoms with Crippen molar-refractivity contribution in [2.24, 2.45) is 0 Å². The Kier molecular flexibility index (Phi) is 6.01. The van der Waals surface area contributed by atoms with Gasteiger partial charge in [0.1, 0.15) is 0 Å². The van der Waals surface area contributed by atoms with E-state index in [1.54, 1.807) is 0 Å². The Hall–Kier alpha value is -5.67. The van der Waals surface area contributed by atoms with E-state index in [-0.39, 0.29) is 0 Å². The zero-order chi connectivity index (χ0) is 28.8. The smallest absolute Gasteiger partial charge is 0.0973 e. The summed E-state index contributed by atoms with van der Waals surface area (Å²) in [6.07, 6.45) is 1.99. The number of aryl methyl sites for hydroxylation is 1. The maximum absolute atomic E-state index is 5.11. The molecule has 0 amide bonds. The van der Waals surface area contributed by atoms with Crippen LogP contribution in [0.5, 0.6) is 0 Å². The Balaban J connectivity index is 1.33. The van der Waals surface area contributed by atoms with Crippen LogP contribution >= 0.6 is 0 Å². The lowest BCUT2D eigenvalue weighted by Gasteiger charge is -2.18. The number of para-hydroxylation sites is 2. The maximum Gasteiger partial charge on any atom is 0.0973 e. The van der Waals surface area contributed by atoms with Crippen LogP contribution in [0.4, 0.5) is 0 Å². The van der Waals surface area contributed by atoms with E-state index in [9.17, 15) is 0 Å². The van der Waals surface area contributed by atoms with E-state index >= 15 is 0 Å². The SMILES string of the molecule is Cc1ccc(-c2c3ccccc3c(-c3ccc(-c4nc5ccccc5nc4-c4ccccc4)cc3)c3ccccc23)cn1. The van der Waals surface area contributed by atoms with Gasteiger partial charge < -0.3 is 0 Å². The first-order chi connectivity index (χ1) is 21.2. The highest BCUT2D eigenvalue weighted by Gasteiger charge is 2.18. The lowest BCUT2D eigenvalue weighted by Crippen LogP contribution is -1.95. The van der Waals surface area contributed by atoms with E-state index in [1.807, 2.05) is 55.6 Å². The molecule has 0 aliphatic rings. The highest BCUT2D eigenvalue weighted by atomic mass is 14.8. The van der Waals surface area contributed by atoms with Gasteiger partial charge in [-0.3, -0.25) is 4.98 Å². The topological polar surface area (TPSA) is 38.7 Å². The molecule has 0 fully saturated rings. The molecule has 8 rings (SSSR count). The summed E-state index contributed by atoms with van der Waals surface area (Å²) in [4.78, 5) is 14.8. The zero-order valence-electron chi connectivity index (χ0n) is 23.7. The molecule has 0 saturated heterocycles. The molecule has 0 N–H and O–H groups in total. The van der Waals surface area contributed by atoms with Crippen LogP contribution in [-0.4, -0.2) is 15.0 Å². The molecule has 6 aromatic carbocycles. The second-order valence-electron chi connectivity index (χ2n) is 10.9. The van der Waals surface area contributed by atoms with Gasteiger partial charge in [0.05, 0.1) is 22.4 Å². The number of rotatable bonds is 4. The monoisotopic (exact) mass is 549 g/mol. The molecule has 202 valence electrons. The van der Waals surface area contributed by atoms with E-state index in [2.05, 4.69) is 102 Å². The molecule has 0 unspecified atom stereocenters. The first-order valence-electron chi connectivity index (χ1n) is 14.5. The highest BCUT2D eigenvalue weighted by Crippen LogP contribution is 2.44. The minimum Gasteiger partial charge on any atom is -0.261 e. The van der Waals surface area contributed by atoms with Crippen molar-refractivity contribution < 1.29 is 0 Å². The number of hydrogen-bond donors (Lipinski definition) is 0. The average molecular weight is 550 g/mol. The minimum atomic E-state index is 0.883. The van der Waals surface area contributed by atoms with E-state index in [0.29, 0.717) is 0 Å². The summed E-state index contributed by atoms with van der Waals surface area (Å²) in [5, 5.41) is 4.88. The molecule has 2 aromatic heterocycles. The number of aromatic nitrogens is 3. The zero-order valence-corrected chi connectivity index (χ0v) is 23.7. The molecule has 0 spiro atoms. The Morgan fingerprint density at radius 2 is 0.791 bits per heavy atom. The van der Waals surface area contributed by atoms with Crippen LogP contribution < -0.4 is 0 Å². The molecule has 2 heterocycles. The molecule has 8 aromatic rings. The van der Waals surface area contributed by atoms with E-state index in [1.165, 1.54) is 38.2 Å². The number of hydrogen-bond acceptors (Lipinski definition) is 3. The molecule has 3 heteroatoms. The third-order valence-corrected chi connectivity index (χ3v) is 8.20. The van der Waals surface area contributed by atoms with Crippen LogP contribution in [0.25, 0.3) is 77.3 Å². The molecular weight excluding hydrogens is 522 g/mol. The predicted octanol–water partition coefficient (Wildman–Crippen LogP) is 10.3. The third-order valence-electron chi connectivity index (χ3n) is 8.20. The van der Waals surface area contributed by atoms with Crippen molar-refractivity contribution in [3.05, 3.63) is 151 Å². The summed E-state index contributed by atoms with van der Waals surface area (Å²) < 4.78 is 0. The average Bonchev–Trinajstić information content (AvgIpc) is 3.07. The standard InChI is InChI=1S/C40H27N3/c1-26-19-20-30(25-41-26)38-33-15-7-5-13-31(33)37(32-14-6-8-16-34(32)38)27-21-23-29(24-22-27)40-39(28-11-3-2-4-12-28)42-35-17-9-10-18-36(35)43-40/h2-25H,1H3. The van der Waals surface area contributed by atoms with Crippen LogP contribution in [0.3, 0.4) is 0 Å². The van der Waals surface area contributed by atoms with Crippen LogP contribution in [0.2, 0.25) is 0 Å². The van der Waals surface area contributed by atoms with Gasteiger partial charge in [0.25, 0.3) is 0 Å². The summed E-state index contributed by atoms with van der Waals surface area (Å²) >= 11 is 0. The molecule has 0 aliphatic heterocycles. The van der Waals surface area contributed by atoms with Crippen molar-refractivity contribution in [2.75, 3.05) is 0 Å². The molecule has 0 radical (unpaired) electrons. The molecule has 0 saturated carbocycles. The van der Waals surface area contributed by atoms with Gasteiger partial charge in [-0.1, -0.05) is 121 Å². The maximum atomic E-state index is 5.11. The van der Waals surface area contributed by atoms with Crippen molar-refractivity contribution in [2.45, 2.75) is 6.92 Å². The Bertz CT molecular complexity index is 2210. The number of benzene rings is 6. The second kappa shape index (κ2) is 10.3. The van der Waals surface area contributed by atoms with Crippen LogP contribution in [-0.2, 0) is 0 Å². The van der Waals surface area contributed by atoms with E-state index < -0.39 is 0 Å². The Morgan fingerprint density at radius 3 is 1.30 bits per heavy atom. The largest absolute Gasteiger partial charge is 0.261 e. The molecule has 3 nitrogen and oxygen atoms in total. The second-order valence-corrected chi connectivity index (χ2v) is 10.9. The lowest BCUT2D eigenvalue weighted by atomic mass is 9.86. The van der Waals surface area contributed by atoms with Crippen molar-refractivity contribution in [3.8, 4) is 44.8 Å². The van der Waals surface area contributed by atoms with Gasteiger partial charge in [0.15, 0.2) is 0 Å². The lowest BCUT2D eigenvalue weighted by molar-refractivity contribution is 1.20. The number of nitrogens with zero attached hydrogens (tertiary/aromatic N) is 3. The van der Waals surface area contributed by atoms with Gasteiger partial charge in [-0.25, -0.2) is 9.97 Å². The van der Waals surface area contributed by atoms with Crippen molar-refractivity contribution in [1.82, 2.24) is 15.0 Å². The van der Waals surface area contributed by atoms with Gasteiger partial charge >= 0.3 is 0 Å². The first-order valence-corrected chi connectivity index (χ1v) is 14.5. The molecule has 0 bridgehead atoms. The van der Waals surface area contributed by atoms with Gasteiger partial charge in [-0.2, -0.15) is 0 Å². The molecular formula is C40H27N3. The third kappa shape index (κ3) is 4.34. The fraction of sp³-hybridized carbons (Fsp3) is 0.0250. The highest BCUT2D eigenvalue weighted by molar-refractivity contribution is 6.21. The summed E-state index contributed by atoms with van der Waals surface area (Å²) in [6.45, 7) is 2.03. The van der Waals surface area contributed by atoms with Crippen molar-refractivity contribution >= 4 is 32.6 Å². The quantitative estimate of drug-likeness (QED) is 0.205. The molecule has 0 aliphatic carbocycles.